The Balaban J connectivity index is 2.53. The quantitative estimate of drug-likeness (QED) is 0.854. The molecule has 0 aliphatic rings. The molecule has 2 rings (SSSR count). The number of aryl methyl sites for hydroxylation is 2. The molecule has 0 atom stereocenters. The van der Waals surface area contributed by atoms with Crippen molar-refractivity contribution in [3.05, 3.63) is 35.5 Å². The zero-order chi connectivity index (χ0) is 13.1. The summed E-state index contributed by atoms with van der Waals surface area (Å²) in [7, 11) is 0. The molecule has 0 aliphatic carbocycles. The number of aromatic nitrogens is 1. The highest BCUT2D eigenvalue weighted by Crippen LogP contribution is 2.27. The second kappa shape index (κ2) is 5.57. The predicted octanol–water partition coefficient (Wildman–Crippen LogP) is 3.68. The number of nitrogens with zero attached hydrogens (tertiary/aromatic N) is 1. The monoisotopic (exact) mass is 244 g/mol. The summed E-state index contributed by atoms with van der Waals surface area (Å²) in [4.78, 5) is 0. The molecule has 2 aromatic rings. The van der Waals surface area contributed by atoms with Crippen LogP contribution in [0.3, 0.4) is 0 Å². The molecule has 0 spiro atoms. The summed E-state index contributed by atoms with van der Waals surface area (Å²) in [5.74, 6) is 0. The van der Waals surface area contributed by atoms with Gasteiger partial charge in [-0.2, -0.15) is 0 Å². The van der Waals surface area contributed by atoms with Crippen molar-refractivity contribution in [1.82, 2.24) is 4.57 Å². The number of fused-ring (bicyclic) bond motifs is 1. The average Bonchev–Trinajstić information content (AvgIpc) is 2.74. The van der Waals surface area contributed by atoms with Crippen LogP contribution in [0.4, 0.5) is 0 Å². The molecule has 0 saturated carbocycles. The fourth-order valence-electron chi connectivity index (χ4n) is 2.51. The van der Waals surface area contributed by atoms with E-state index in [1.165, 1.54) is 22.0 Å². The minimum Gasteiger partial charge on any atom is -0.345 e. The molecular weight excluding hydrogens is 220 g/mol. The van der Waals surface area contributed by atoms with Gasteiger partial charge in [0.1, 0.15) is 0 Å². The molecule has 0 fully saturated rings. The SMILES string of the molecule is CCc1ccc2c(c1)c(CCCN)cn2C(C)C. The van der Waals surface area contributed by atoms with E-state index in [1.807, 2.05) is 0 Å². The van der Waals surface area contributed by atoms with Crippen LogP contribution in [0.5, 0.6) is 0 Å². The Morgan fingerprint density at radius 1 is 1.28 bits per heavy atom. The maximum absolute atomic E-state index is 5.64. The van der Waals surface area contributed by atoms with Gasteiger partial charge in [0, 0.05) is 23.1 Å². The van der Waals surface area contributed by atoms with Gasteiger partial charge in [0.25, 0.3) is 0 Å². The molecule has 1 heterocycles. The second-order valence-corrected chi connectivity index (χ2v) is 5.25. The third-order valence-corrected chi connectivity index (χ3v) is 3.59. The average molecular weight is 244 g/mol. The molecule has 0 unspecified atom stereocenters. The largest absolute Gasteiger partial charge is 0.345 e. The number of hydrogen-bond acceptors (Lipinski definition) is 1. The van der Waals surface area contributed by atoms with Crippen LogP contribution in [-0.4, -0.2) is 11.1 Å². The molecule has 0 bridgehead atoms. The van der Waals surface area contributed by atoms with Crippen molar-refractivity contribution in [1.29, 1.82) is 0 Å². The van der Waals surface area contributed by atoms with Gasteiger partial charge in [-0.15, -0.1) is 0 Å². The first kappa shape index (κ1) is 13.2. The molecule has 2 nitrogen and oxygen atoms in total. The van der Waals surface area contributed by atoms with Crippen LogP contribution in [0.1, 0.15) is 44.4 Å². The van der Waals surface area contributed by atoms with Gasteiger partial charge in [0.2, 0.25) is 0 Å². The Hall–Kier alpha value is -1.28. The second-order valence-electron chi connectivity index (χ2n) is 5.25. The van der Waals surface area contributed by atoms with Gasteiger partial charge in [-0.25, -0.2) is 0 Å². The van der Waals surface area contributed by atoms with Crippen molar-refractivity contribution < 1.29 is 0 Å². The molecule has 98 valence electrons. The van der Waals surface area contributed by atoms with Crippen LogP contribution in [0.2, 0.25) is 0 Å². The van der Waals surface area contributed by atoms with E-state index < -0.39 is 0 Å². The Morgan fingerprint density at radius 3 is 2.67 bits per heavy atom. The van der Waals surface area contributed by atoms with Gasteiger partial charge in [-0.1, -0.05) is 13.0 Å². The van der Waals surface area contributed by atoms with E-state index in [-0.39, 0.29) is 0 Å². The molecule has 0 saturated heterocycles. The number of rotatable bonds is 5. The Morgan fingerprint density at radius 2 is 2.06 bits per heavy atom. The molecular formula is C16H24N2. The van der Waals surface area contributed by atoms with Crippen molar-refractivity contribution in [3.63, 3.8) is 0 Å². The van der Waals surface area contributed by atoms with Crippen LogP contribution in [-0.2, 0) is 12.8 Å². The van der Waals surface area contributed by atoms with E-state index >= 15 is 0 Å². The molecule has 0 aliphatic heterocycles. The first-order chi connectivity index (χ1) is 8.67. The van der Waals surface area contributed by atoms with Gasteiger partial charge in [-0.05, 0) is 62.9 Å². The summed E-state index contributed by atoms with van der Waals surface area (Å²) < 4.78 is 2.38. The Bertz CT molecular complexity index is 523. The lowest BCUT2D eigenvalue weighted by Gasteiger charge is -2.09. The zero-order valence-electron chi connectivity index (χ0n) is 11.7. The topological polar surface area (TPSA) is 30.9 Å². The minimum atomic E-state index is 0.506. The van der Waals surface area contributed by atoms with Crippen LogP contribution in [0.25, 0.3) is 10.9 Å². The molecule has 18 heavy (non-hydrogen) atoms. The first-order valence-corrected chi connectivity index (χ1v) is 6.99. The third-order valence-electron chi connectivity index (χ3n) is 3.59. The maximum atomic E-state index is 5.64. The van der Waals surface area contributed by atoms with E-state index in [2.05, 4.69) is 49.7 Å². The van der Waals surface area contributed by atoms with Crippen molar-refractivity contribution in [3.8, 4) is 0 Å². The fourth-order valence-corrected chi connectivity index (χ4v) is 2.51. The normalized spacial score (nSPS) is 11.6. The van der Waals surface area contributed by atoms with Gasteiger partial charge in [0.15, 0.2) is 0 Å². The van der Waals surface area contributed by atoms with Crippen LogP contribution < -0.4 is 5.73 Å². The van der Waals surface area contributed by atoms with Crippen molar-refractivity contribution >= 4 is 10.9 Å². The van der Waals surface area contributed by atoms with Gasteiger partial charge in [-0.3, -0.25) is 0 Å². The van der Waals surface area contributed by atoms with Gasteiger partial charge in [0.05, 0.1) is 0 Å². The number of nitrogens with two attached hydrogens (primary N) is 1. The van der Waals surface area contributed by atoms with Gasteiger partial charge < -0.3 is 10.3 Å². The third kappa shape index (κ3) is 2.44. The highest BCUT2D eigenvalue weighted by atomic mass is 15.0. The van der Waals surface area contributed by atoms with E-state index in [4.69, 9.17) is 5.73 Å². The van der Waals surface area contributed by atoms with Crippen molar-refractivity contribution in [2.24, 2.45) is 5.73 Å². The van der Waals surface area contributed by atoms with E-state index in [9.17, 15) is 0 Å². The Labute approximate surface area is 110 Å². The smallest absolute Gasteiger partial charge is 0.0485 e. The van der Waals surface area contributed by atoms with E-state index in [1.54, 1.807) is 0 Å². The Kier molecular flexibility index (Phi) is 4.07. The molecule has 1 aromatic carbocycles. The van der Waals surface area contributed by atoms with Crippen LogP contribution in [0.15, 0.2) is 24.4 Å². The van der Waals surface area contributed by atoms with Crippen LogP contribution >= 0.6 is 0 Å². The number of benzene rings is 1. The van der Waals surface area contributed by atoms with Crippen molar-refractivity contribution in [2.75, 3.05) is 6.54 Å². The summed E-state index contributed by atoms with van der Waals surface area (Å²) in [6.45, 7) is 7.45. The standard InChI is InChI=1S/C16H24N2/c1-4-13-7-8-16-15(10-13)14(6-5-9-17)11-18(16)12(2)3/h7-8,10-12H,4-6,9,17H2,1-3H3. The molecule has 2 heteroatoms. The minimum absolute atomic E-state index is 0.506. The fraction of sp³-hybridized carbons (Fsp3) is 0.500. The first-order valence-electron chi connectivity index (χ1n) is 6.99. The van der Waals surface area contributed by atoms with E-state index in [0.29, 0.717) is 6.04 Å². The predicted molar refractivity (Wildman–Crippen MR) is 79.1 cm³/mol. The lowest BCUT2D eigenvalue weighted by atomic mass is 10.0. The number of hydrogen-bond donors (Lipinski definition) is 1. The summed E-state index contributed by atoms with van der Waals surface area (Å²) in [6.07, 6.45) is 5.55. The molecule has 0 amide bonds. The lowest BCUT2D eigenvalue weighted by Crippen LogP contribution is -2.00. The summed E-state index contributed by atoms with van der Waals surface area (Å²) in [5, 5.41) is 1.41. The summed E-state index contributed by atoms with van der Waals surface area (Å²) in [6, 6.07) is 7.36. The van der Waals surface area contributed by atoms with E-state index in [0.717, 1.165) is 25.8 Å². The van der Waals surface area contributed by atoms with Gasteiger partial charge >= 0.3 is 0 Å². The maximum Gasteiger partial charge on any atom is 0.0485 e. The van der Waals surface area contributed by atoms with Crippen molar-refractivity contribution in [2.45, 2.75) is 46.1 Å². The molecule has 2 N–H and O–H groups in total. The summed E-state index contributed by atoms with van der Waals surface area (Å²) in [5.41, 5.74) is 9.85. The molecule has 0 radical (unpaired) electrons. The van der Waals surface area contributed by atoms with Crippen LogP contribution in [0, 0.1) is 0 Å². The molecule has 1 aromatic heterocycles. The zero-order valence-corrected chi connectivity index (χ0v) is 11.7. The summed E-state index contributed by atoms with van der Waals surface area (Å²) >= 11 is 0. The highest BCUT2D eigenvalue weighted by molar-refractivity contribution is 5.85. The lowest BCUT2D eigenvalue weighted by molar-refractivity contribution is 0.620. The highest BCUT2D eigenvalue weighted by Gasteiger charge is 2.10.